The van der Waals surface area contributed by atoms with Crippen LogP contribution in [-0.2, 0) is 11.8 Å². The molecule has 6 nitrogen and oxygen atoms in total. The minimum absolute atomic E-state index is 0.219. The number of esters is 1. The van der Waals surface area contributed by atoms with E-state index < -0.39 is 5.97 Å². The predicted octanol–water partition coefficient (Wildman–Crippen LogP) is 2.08. The predicted molar refractivity (Wildman–Crippen MR) is 78.4 cm³/mol. The molecule has 2 aromatic rings. The van der Waals surface area contributed by atoms with Crippen molar-refractivity contribution in [1.82, 2.24) is 9.78 Å². The zero-order valence-corrected chi connectivity index (χ0v) is 12.4. The van der Waals surface area contributed by atoms with Crippen molar-refractivity contribution in [2.24, 2.45) is 7.05 Å². The van der Waals surface area contributed by atoms with Gasteiger partial charge in [0.1, 0.15) is 0 Å². The van der Waals surface area contributed by atoms with Gasteiger partial charge in [-0.1, -0.05) is 17.7 Å². The molecule has 1 aromatic heterocycles. The van der Waals surface area contributed by atoms with Gasteiger partial charge in [-0.05, 0) is 26.0 Å². The molecule has 0 aliphatic carbocycles. The van der Waals surface area contributed by atoms with Gasteiger partial charge in [0.25, 0.3) is 5.91 Å². The van der Waals surface area contributed by atoms with E-state index >= 15 is 0 Å². The minimum atomic E-state index is -0.544. The fraction of sp³-hybridized carbons (Fsp3) is 0.267. The van der Waals surface area contributed by atoms with Crippen molar-refractivity contribution in [3.63, 3.8) is 0 Å². The van der Waals surface area contributed by atoms with Crippen LogP contribution in [0.4, 0.5) is 5.69 Å². The molecule has 0 fully saturated rings. The Bertz CT molecular complexity index is 704. The maximum absolute atomic E-state index is 12.3. The van der Waals surface area contributed by atoms with Crippen molar-refractivity contribution in [3.05, 3.63) is 46.8 Å². The van der Waals surface area contributed by atoms with E-state index in [0.717, 1.165) is 5.56 Å². The molecular weight excluding hydrogens is 270 g/mol. The van der Waals surface area contributed by atoms with Crippen molar-refractivity contribution in [3.8, 4) is 0 Å². The van der Waals surface area contributed by atoms with Gasteiger partial charge < -0.3 is 10.1 Å². The van der Waals surface area contributed by atoms with Gasteiger partial charge in [-0.3, -0.25) is 9.48 Å². The van der Waals surface area contributed by atoms with E-state index in [1.54, 1.807) is 26.1 Å². The summed E-state index contributed by atoms with van der Waals surface area (Å²) in [5.74, 6) is -0.836. The second kappa shape index (κ2) is 5.78. The lowest BCUT2D eigenvalue weighted by Gasteiger charge is -2.07. The van der Waals surface area contributed by atoms with E-state index in [0.29, 0.717) is 16.9 Å². The Morgan fingerprint density at radius 1 is 1.29 bits per heavy atom. The highest BCUT2D eigenvalue weighted by atomic mass is 16.5. The van der Waals surface area contributed by atoms with E-state index in [-0.39, 0.29) is 11.6 Å². The topological polar surface area (TPSA) is 73.2 Å². The molecule has 0 bridgehead atoms. The third kappa shape index (κ3) is 2.94. The van der Waals surface area contributed by atoms with E-state index in [2.05, 4.69) is 10.4 Å². The average molecular weight is 287 g/mol. The van der Waals surface area contributed by atoms with Crippen molar-refractivity contribution < 1.29 is 14.3 Å². The summed E-state index contributed by atoms with van der Waals surface area (Å²) in [5.41, 5.74) is 2.65. The minimum Gasteiger partial charge on any atom is -0.464 e. The van der Waals surface area contributed by atoms with Crippen molar-refractivity contribution in [1.29, 1.82) is 0 Å². The number of ether oxygens (including phenoxy) is 1. The lowest BCUT2D eigenvalue weighted by Crippen LogP contribution is -2.16. The number of methoxy groups -OCH3 is 1. The quantitative estimate of drug-likeness (QED) is 0.877. The molecule has 1 aromatic carbocycles. The number of carbonyl (C=O) groups excluding carboxylic acids is 2. The number of rotatable bonds is 3. The van der Waals surface area contributed by atoms with Crippen LogP contribution in [0.3, 0.4) is 0 Å². The second-order valence-electron chi connectivity index (χ2n) is 4.75. The van der Waals surface area contributed by atoms with Gasteiger partial charge in [0.2, 0.25) is 0 Å². The maximum Gasteiger partial charge on any atom is 0.358 e. The lowest BCUT2D eigenvalue weighted by atomic mass is 10.1. The maximum atomic E-state index is 12.3. The smallest absolute Gasteiger partial charge is 0.358 e. The van der Waals surface area contributed by atoms with Crippen LogP contribution in [0.1, 0.15) is 32.1 Å². The molecule has 21 heavy (non-hydrogen) atoms. The van der Waals surface area contributed by atoms with Crippen LogP contribution in [0.15, 0.2) is 24.3 Å². The summed E-state index contributed by atoms with van der Waals surface area (Å²) in [4.78, 5) is 24.1. The van der Waals surface area contributed by atoms with Gasteiger partial charge in [-0.15, -0.1) is 0 Å². The molecule has 0 unspecified atom stereocenters. The Morgan fingerprint density at radius 3 is 2.62 bits per heavy atom. The number of aryl methyl sites for hydroxylation is 3. The third-order valence-electron chi connectivity index (χ3n) is 3.12. The number of benzene rings is 1. The first-order valence-electron chi connectivity index (χ1n) is 6.44. The van der Waals surface area contributed by atoms with Crippen molar-refractivity contribution >= 4 is 17.6 Å². The Balaban J connectivity index is 2.35. The first kappa shape index (κ1) is 14.8. The number of hydrogen-bond acceptors (Lipinski definition) is 4. The molecule has 1 amide bonds. The van der Waals surface area contributed by atoms with E-state index in [4.69, 9.17) is 4.74 Å². The van der Waals surface area contributed by atoms with Crippen LogP contribution < -0.4 is 5.32 Å². The summed E-state index contributed by atoms with van der Waals surface area (Å²) in [7, 11) is 2.92. The standard InChI is InChI=1S/C15H17N3O3/c1-9-6-5-7-11(8-9)14(19)16-12-10(2)17-18(3)13(12)15(20)21-4/h5-8H,1-4H3,(H,16,19). The summed E-state index contributed by atoms with van der Waals surface area (Å²) >= 11 is 0. The van der Waals surface area contributed by atoms with Crippen LogP contribution in [0.25, 0.3) is 0 Å². The number of aromatic nitrogens is 2. The molecule has 2 rings (SSSR count). The first-order chi connectivity index (χ1) is 9.93. The normalized spacial score (nSPS) is 10.3. The van der Waals surface area contributed by atoms with Crippen LogP contribution >= 0.6 is 0 Å². The molecule has 0 atom stereocenters. The summed E-state index contributed by atoms with van der Waals surface area (Å²) in [5, 5.41) is 6.88. The molecular formula is C15H17N3O3. The fourth-order valence-electron chi connectivity index (χ4n) is 2.11. The van der Waals surface area contributed by atoms with Crippen LogP contribution in [0.2, 0.25) is 0 Å². The molecule has 110 valence electrons. The number of nitrogens with zero attached hydrogens (tertiary/aromatic N) is 2. The van der Waals surface area contributed by atoms with Gasteiger partial charge in [-0.25, -0.2) is 4.79 Å². The number of carbonyl (C=O) groups is 2. The molecule has 1 N–H and O–H groups in total. The van der Waals surface area contributed by atoms with E-state index in [1.165, 1.54) is 11.8 Å². The number of hydrogen-bond donors (Lipinski definition) is 1. The van der Waals surface area contributed by atoms with E-state index in [9.17, 15) is 9.59 Å². The molecule has 1 heterocycles. The fourth-order valence-corrected chi connectivity index (χ4v) is 2.11. The molecule has 0 saturated heterocycles. The largest absolute Gasteiger partial charge is 0.464 e. The van der Waals surface area contributed by atoms with Crippen LogP contribution in [-0.4, -0.2) is 28.8 Å². The van der Waals surface area contributed by atoms with Gasteiger partial charge in [0, 0.05) is 12.6 Å². The first-order valence-corrected chi connectivity index (χ1v) is 6.44. The van der Waals surface area contributed by atoms with Gasteiger partial charge >= 0.3 is 5.97 Å². The zero-order valence-electron chi connectivity index (χ0n) is 12.4. The SMILES string of the molecule is COC(=O)c1c(NC(=O)c2cccc(C)c2)c(C)nn1C. The third-order valence-corrected chi connectivity index (χ3v) is 3.12. The van der Waals surface area contributed by atoms with Crippen molar-refractivity contribution in [2.75, 3.05) is 12.4 Å². The van der Waals surface area contributed by atoms with Gasteiger partial charge in [-0.2, -0.15) is 5.10 Å². The summed E-state index contributed by atoms with van der Waals surface area (Å²) in [6, 6.07) is 7.21. The van der Waals surface area contributed by atoms with Crippen LogP contribution in [0, 0.1) is 13.8 Å². The van der Waals surface area contributed by atoms with Gasteiger partial charge in [0.15, 0.2) is 5.69 Å². The second-order valence-corrected chi connectivity index (χ2v) is 4.75. The number of nitrogens with one attached hydrogen (secondary N) is 1. The molecule has 0 saturated carbocycles. The van der Waals surface area contributed by atoms with E-state index in [1.807, 2.05) is 19.1 Å². The highest BCUT2D eigenvalue weighted by Gasteiger charge is 2.22. The molecule has 0 aliphatic heterocycles. The lowest BCUT2D eigenvalue weighted by molar-refractivity contribution is 0.0589. The Hall–Kier alpha value is -2.63. The Labute approximate surface area is 122 Å². The molecule has 6 heteroatoms. The summed E-state index contributed by atoms with van der Waals surface area (Å²) in [6.07, 6.45) is 0. The summed E-state index contributed by atoms with van der Waals surface area (Å²) < 4.78 is 6.12. The van der Waals surface area contributed by atoms with Crippen molar-refractivity contribution in [2.45, 2.75) is 13.8 Å². The van der Waals surface area contributed by atoms with Gasteiger partial charge in [0.05, 0.1) is 18.5 Å². The Morgan fingerprint density at radius 2 is 2.00 bits per heavy atom. The highest BCUT2D eigenvalue weighted by Crippen LogP contribution is 2.21. The van der Waals surface area contributed by atoms with Crippen LogP contribution in [0.5, 0.6) is 0 Å². The number of amides is 1. The molecule has 0 spiro atoms. The average Bonchev–Trinajstić information content (AvgIpc) is 2.72. The molecule has 0 radical (unpaired) electrons. The molecule has 0 aliphatic rings. The zero-order chi connectivity index (χ0) is 15.6. The Kier molecular flexibility index (Phi) is 4.07. The summed E-state index contributed by atoms with van der Waals surface area (Å²) in [6.45, 7) is 3.63. The number of anilines is 1. The monoisotopic (exact) mass is 287 g/mol. The highest BCUT2D eigenvalue weighted by molar-refractivity contribution is 6.08.